The number of H-pyrrole nitrogens is 1. The van der Waals surface area contributed by atoms with E-state index in [1.165, 1.54) is 0 Å². The summed E-state index contributed by atoms with van der Waals surface area (Å²) in [6.45, 7) is 5.58. The molecule has 0 unspecified atom stereocenters. The number of carbonyl (C=O) groups is 3. The molecule has 0 saturated carbocycles. The van der Waals surface area contributed by atoms with Gasteiger partial charge in [-0.05, 0) is 45.2 Å². The van der Waals surface area contributed by atoms with E-state index in [1.807, 2.05) is 30.5 Å². The normalized spacial score (nSPS) is 12.4. The van der Waals surface area contributed by atoms with E-state index < -0.39 is 23.6 Å². The molecular weight excluding hydrogens is 360 g/mol. The van der Waals surface area contributed by atoms with Gasteiger partial charge in [-0.3, -0.25) is 9.59 Å². The van der Waals surface area contributed by atoms with Crippen LogP contribution in [0, 0.1) is 0 Å². The van der Waals surface area contributed by atoms with E-state index in [9.17, 15) is 14.4 Å². The van der Waals surface area contributed by atoms with Crippen LogP contribution in [0.4, 0.5) is 4.79 Å². The number of rotatable bonds is 8. The zero-order valence-corrected chi connectivity index (χ0v) is 16.5. The van der Waals surface area contributed by atoms with Crippen LogP contribution in [-0.2, 0) is 20.7 Å². The minimum atomic E-state index is -0.898. The Morgan fingerprint density at radius 3 is 2.61 bits per heavy atom. The fourth-order valence-electron chi connectivity index (χ4n) is 2.79. The molecule has 1 atom stereocenters. The average Bonchev–Trinajstić information content (AvgIpc) is 3.00. The molecule has 0 bridgehead atoms. The van der Waals surface area contributed by atoms with Crippen LogP contribution in [0.25, 0.3) is 10.9 Å². The minimum Gasteiger partial charge on any atom is -0.444 e. The van der Waals surface area contributed by atoms with E-state index in [2.05, 4.69) is 15.6 Å². The molecule has 8 nitrogen and oxygen atoms in total. The van der Waals surface area contributed by atoms with Crippen molar-refractivity contribution < 1.29 is 19.1 Å². The Morgan fingerprint density at radius 1 is 1.21 bits per heavy atom. The lowest BCUT2D eigenvalue weighted by atomic mass is 10.1. The highest BCUT2D eigenvalue weighted by Gasteiger charge is 2.24. The van der Waals surface area contributed by atoms with Crippen molar-refractivity contribution in [1.29, 1.82) is 0 Å². The molecule has 2 rings (SSSR count). The van der Waals surface area contributed by atoms with E-state index in [1.54, 1.807) is 20.8 Å². The molecule has 2 aromatic rings. The summed E-state index contributed by atoms with van der Waals surface area (Å²) in [6, 6.07) is 7.02. The summed E-state index contributed by atoms with van der Waals surface area (Å²) >= 11 is 0. The molecule has 1 aromatic heterocycles. The summed E-state index contributed by atoms with van der Waals surface area (Å²) in [5.74, 6) is -0.922. The van der Waals surface area contributed by atoms with E-state index >= 15 is 0 Å². The Balaban J connectivity index is 1.93. The summed E-state index contributed by atoms with van der Waals surface area (Å²) in [5, 5.41) is 6.42. The molecule has 0 radical (unpaired) electrons. The standard InChI is InChI=1S/C20H28N4O4/c1-20(2,3)28-19(27)24-16(8-9-17(21)25)18(26)22-11-10-13-12-23-15-7-5-4-6-14(13)15/h4-7,12,16,23H,8-11H2,1-3H3,(H2,21,25)(H,22,26)(H,24,27)/t16-/m0/s1. The van der Waals surface area contributed by atoms with Crippen LogP contribution >= 0.6 is 0 Å². The van der Waals surface area contributed by atoms with Gasteiger partial charge in [-0.25, -0.2) is 4.79 Å². The second kappa shape index (κ2) is 9.25. The molecule has 0 aliphatic carbocycles. The maximum atomic E-state index is 12.5. The molecule has 0 saturated heterocycles. The molecule has 3 amide bonds. The SMILES string of the molecule is CC(C)(C)OC(=O)N[C@@H](CCC(N)=O)C(=O)NCCc1c[nH]c2ccccc12. The number of amides is 3. The first-order valence-corrected chi connectivity index (χ1v) is 9.26. The van der Waals surface area contributed by atoms with Gasteiger partial charge >= 0.3 is 6.09 Å². The van der Waals surface area contributed by atoms with Crippen LogP contribution in [0.2, 0.25) is 0 Å². The first-order chi connectivity index (χ1) is 13.2. The number of ether oxygens (including phenoxy) is 1. The highest BCUT2D eigenvalue weighted by Crippen LogP contribution is 2.17. The molecule has 28 heavy (non-hydrogen) atoms. The van der Waals surface area contributed by atoms with Crippen LogP contribution in [-0.4, -0.2) is 41.1 Å². The van der Waals surface area contributed by atoms with E-state index in [4.69, 9.17) is 10.5 Å². The highest BCUT2D eigenvalue weighted by atomic mass is 16.6. The van der Waals surface area contributed by atoms with Gasteiger partial charge in [0.1, 0.15) is 11.6 Å². The molecule has 1 heterocycles. The number of primary amides is 1. The zero-order valence-electron chi connectivity index (χ0n) is 16.5. The third-order valence-electron chi connectivity index (χ3n) is 4.06. The van der Waals surface area contributed by atoms with Gasteiger partial charge < -0.3 is 26.1 Å². The predicted molar refractivity (Wildman–Crippen MR) is 107 cm³/mol. The monoisotopic (exact) mass is 388 g/mol. The Hall–Kier alpha value is -3.03. The van der Waals surface area contributed by atoms with Gasteiger partial charge in [0.05, 0.1) is 0 Å². The zero-order chi connectivity index (χ0) is 20.7. The maximum Gasteiger partial charge on any atom is 0.408 e. The first kappa shape index (κ1) is 21.3. The lowest BCUT2D eigenvalue weighted by Gasteiger charge is -2.23. The summed E-state index contributed by atoms with van der Waals surface area (Å²) < 4.78 is 5.19. The molecule has 5 N–H and O–H groups in total. The average molecular weight is 388 g/mol. The van der Waals surface area contributed by atoms with Crippen LogP contribution in [0.5, 0.6) is 0 Å². The second-order valence-corrected chi connectivity index (χ2v) is 7.60. The van der Waals surface area contributed by atoms with Crippen molar-refractivity contribution in [2.75, 3.05) is 6.54 Å². The smallest absolute Gasteiger partial charge is 0.408 e. The first-order valence-electron chi connectivity index (χ1n) is 9.26. The molecule has 8 heteroatoms. The number of nitrogens with two attached hydrogens (primary N) is 1. The number of carbonyl (C=O) groups excluding carboxylic acids is 3. The number of fused-ring (bicyclic) bond motifs is 1. The maximum absolute atomic E-state index is 12.5. The summed E-state index contributed by atoms with van der Waals surface area (Å²) in [7, 11) is 0. The van der Waals surface area contributed by atoms with E-state index in [-0.39, 0.29) is 18.7 Å². The van der Waals surface area contributed by atoms with Crippen LogP contribution < -0.4 is 16.4 Å². The fraction of sp³-hybridized carbons (Fsp3) is 0.450. The highest BCUT2D eigenvalue weighted by molar-refractivity contribution is 5.87. The molecule has 152 valence electrons. The molecule has 0 spiro atoms. The predicted octanol–water partition coefficient (Wildman–Crippen LogP) is 1.99. The topological polar surface area (TPSA) is 126 Å². The van der Waals surface area contributed by atoms with Crippen LogP contribution in [0.15, 0.2) is 30.5 Å². The largest absolute Gasteiger partial charge is 0.444 e. The van der Waals surface area contributed by atoms with Gasteiger partial charge in [0.25, 0.3) is 0 Å². The number of aromatic nitrogens is 1. The van der Waals surface area contributed by atoms with Gasteiger partial charge in [-0.2, -0.15) is 0 Å². The van der Waals surface area contributed by atoms with Crippen LogP contribution in [0.3, 0.4) is 0 Å². The van der Waals surface area contributed by atoms with Crippen molar-refractivity contribution >= 4 is 28.8 Å². The van der Waals surface area contributed by atoms with Crippen molar-refractivity contribution in [2.24, 2.45) is 5.73 Å². The third kappa shape index (κ3) is 6.61. The third-order valence-corrected chi connectivity index (χ3v) is 4.06. The molecule has 0 aliphatic heterocycles. The minimum absolute atomic E-state index is 0.0175. The van der Waals surface area contributed by atoms with Gasteiger partial charge in [-0.15, -0.1) is 0 Å². The van der Waals surface area contributed by atoms with E-state index in [0.29, 0.717) is 13.0 Å². The number of para-hydroxylation sites is 1. The molecule has 1 aromatic carbocycles. The van der Waals surface area contributed by atoms with Gasteiger partial charge in [0, 0.05) is 30.1 Å². The number of hydrogen-bond acceptors (Lipinski definition) is 4. The molecular formula is C20H28N4O4. The lowest BCUT2D eigenvalue weighted by molar-refractivity contribution is -0.123. The Labute approximate surface area is 164 Å². The summed E-state index contributed by atoms with van der Waals surface area (Å²) in [6.07, 6.45) is 1.92. The van der Waals surface area contributed by atoms with Crippen LogP contribution in [0.1, 0.15) is 39.2 Å². The van der Waals surface area contributed by atoms with E-state index in [0.717, 1.165) is 16.5 Å². The number of alkyl carbamates (subject to hydrolysis) is 1. The number of hydrogen-bond donors (Lipinski definition) is 4. The van der Waals surface area contributed by atoms with Crippen molar-refractivity contribution in [1.82, 2.24) is 15.6 Å². The van der Waals surface area contributed by atoms with Crippen molar-refractivity contribution in [3.05, 3.63) is 36.0 Å². The Morgan fingerprint density at radius 2 is 1.93 bits per heavy atom. The van der Waals surface area contributed by atoms with Gasteiger partial charge in [0.15, 0.2) is 0 Å². The molecule has 0 aliphatic rings. The number of nitrogens with one attached hydrogen (secondary N) is 3. The Bertz CT molecular complexity index is 838. The molecule has 0 fully saturated rings. The lowest BCUT2D eigenvalue weighted by Crippen LogP contribution is -2.48. The Kier molecular flexibility index (Phi) is 7.03. The van der Waals surface area contributed by atoms with Gasteiger partial charge in [-0.1, -0.05) is 18.2 Å². The summed E-state index contributed by atoms with van der Waals surface area (Å²) in [5.41, 5.74) is 6.61. The van der Waals surface area contributed by atoms with Crippen molar-refractivity contribution in [3.63, 3.8) is 0 Å². The van der Waals surface area contributed by atoms with Crippen molar-refractivity contribution in [2.45, 2.75) is 51.7 Å². The summed E-state index contributed by atoms with van der Waals surface area (Å²) in [4.78, 5) is 38.8. The quantitative estimate of drug-likeness (QED) is 0.551. The number of benzene rings is 1. The van der Waals surface area contributed by atoms with Crippen molar-refractivity contribution in [3.8, 4) is 0 Å². The number of aromatic amines is 1. The second-order valence-electron chi connectivity index (χ2n) is 7.60. The fourth-order valence-corrected chi connectivity index (χ4v) is 2.79. The van der Waals surface area contributed by atoms with Gasteiger partial charge in [0.2, 0.25) is 11.8 Å².